The van der Waals surface area contributed by atoms with Gasteiger partial charge in [-0.1, -0.05) is 102 Å². The molecule has 1 aromatic carbocycles. The zero-order valence-corrected chi connectivity index (χ0v) is 21.5. The fraction of sp³-hybridized carbons (Fsp3) is 0.724. The molecule has 0 saturated heterocycles. The summed E-state index contributed by atoms with van der Waals surface area (Å²) in [5.74, 6) is 3.32. The van der Waals surface area contributed by atoms with Crippen LogP contribution in [0.15, 0.2) is 42.0 Å². The number of ether oxygens (including phenoxy) is 2. The van der Waals surface area contributed by atoms with Crippen LogP contribution < -0.4 is 4.74 Å². The molecule has 0 aliphatic carbocycles. The first-order valence-corrected chi connectivity index (χ1v) is 13.0. The van der Waals surface area contributed by atoms with Crippen LogP contribution in [0.5, 0.6) is 5.75 Å². The standard InChI is InChI=1S/C29H50O3/c1-24(2)12-9-13-25(3)14-10-15-26(4)16-11-17-27(5)20-21-31-22-28(30)23-32-29-18-7-6-8-19-29/h6-8,18-20,24-26,28,30H,9-17,21-23H2,1-5H3/b27-20+. The molecule has 0 aliphatic heterocycles. The monoisotopic (exact) mass is 446 g/mol. The van der Waals surface area contributed by atoms with Crippen LogP contribution in [-0.2, 0) is 4.74 Å². The second-order valence-corrected chi connectivity index (χ2v) is 10.2. The summed E-state index contributed by atoms with van der Waals surface area (Å²) in [4.78, 5) is 0. The third-order valence-corrected chi connectivity index (χ3v) is 6.19. The highest BCUT2D eigenvalue weighted by Crippen LogP contribution is 2.22. The first-order valence-electron chi connectivity index (χ1n) is 13.0. The van der Waals surface area contributed by atoms with Crippen LogP contribution in [0.1, 0.15) is 92.4 Å². The van der Waals surface area contributed by atoms with Gasteiger partial charge in [-0.3, -0.25) is 0 Å². The number of hydrogen-bond acceptors (Lipinski definition) is 3. The molecular formula is C29H50O3. The Bertz CT molecular complexity index is 581. The Hall–Kier alpha value is -1.32. The first-order chi connectivity index (χ1) is 15.4. The van der Waals surface area contributed by atoms with E-state index in [4.69, 9.17) is 9.47 Å². The van der Waals surface area contributed by atoms with Crippen LogP contribution >= 0.6 is 0 Å². The van der Waals surface area contributed by atoms with E-state index in [2.05, 4.69) is 40.7 Å². The van der Waals surface area contributed by atoms with Crippen LogP contribution in [0.4, 0.5) is 0 Å². The summed E-state index contributed by atoms with van der Waals surface area (Å²) in [5.41, 5.74) is 1.38. The predicted molar refractivity (Wildman–Crippen MR) is 137 cm³/mol. The highest BCUT2D eigenvalue weighted by molar-refractivity contribution is 5.20. The van der Waals surface area contributed by atoms with E-state index in [9.17, 15) is 5.11 Å². The Morgan fingerprint density at radius 3 is 2.06 bits per heavy atom. The molecular weight excluding hydrogens is 396 g/mol. The SMILES string of the molecule is C/C(=C\COCC(O)COc1ccccc1)CCCC(C)CCCC(C)CCCC(C)C. The Morgan fingerprint density at radius 1 is 0.844 bits per heavy atom. The molecule has 0 spiro atoms. The molecule has 1 N–H and O–H groups in total. The topological polar surface area (TPSA) is 38.7 Å². The fourth-order valence-corrected chi connectivity index (χ4v) is 3.97. The van der Waals surface area contributed by atoms with Crippen LogP contribution in [0, 0.1) is 17.8 Å². The molecule has 0 aliphatic rings. The largest absolute Gasteiger partial charge is 0.491 e. The lowest BCUT2D eigenvalue weighted by atomic mass is 9.91. The molecule has 0 radical (unpaired) electrons. The maximum atomic E-state index is 9.98. The third kappa shape index (κ3) is 16.3. The van der Waals surface area contributed by atoms with Crippen molar-refractivity contribution in [3.05, 3.63) is 42.0 Å². The Morgan fingerprint density at radius 2 is 1.44 bits per heavy atom. The minimum absolute atomic E-state index is 0.251. The lowest BCUT2D eigenvalue weighted by Gasteiger charge is -2.15. The van der Waals surface area contributed by atoms with Crippen molar-refractivity contribution >= 4 is 0 Å². The Kier molecular flexibility index (Phi) is 16.3. The maximum Gasteiger partial charge on any atom is 0.119 e. The Balaban J connectivity index is 2.01. The van der Waals surface area contributed by atoms with E-state index in [-0.39, 0.29) is 6.61 Å². The molecule has 0 heterocycles. The molecule has 0 saturated carbocycles. The van der Waals surface area contributed by atoms with Crippen molar-refractivity contribution in [2.24, 2.45) is 17.8 Å². The van der Waals surface area contributed by atoms with Gasteiger partial charge < -0.3 is 14.6 Å². The number of aliphatic hydroxyl groups is 1. The van der Waals surface area contributed by atoms with Gasteiger partial charge in [0, 0.05) is 0 Å². The number of hydrogen-bond donors (Lipinski definition) is 1. The van der Waals surface area contributed by atoms with Gasteiger partial charge in [-0.25, -0.2) is 0 Å². The van der Waals surface area contributed by atoms with Gasteiger partial charge in [-0.05, 0) is 49.7 Å². The molecule has 0 fully saturated rings. The molecule has 184 valence electrons. The zero-order valence-electron chi connectivity index (χ0n) is 21.5. The molecule has 0 bridgehead atoms. The number of rotatable bonds is 19. The highest BCUT2D eigenvalue weighted by Gasteiger charge is 2.07. The molecule has 0 aromatic heterocycles. The summed E-state index contributed by atoms with van der Waals surface area (Å²) in [6.45, 7) is 12.8. The van der Waals surface area contributed by atoms with Gasteiger partial charge in [0.25, 0.3) is 0 Å². The van der Waals surface area contributed by atoms with Crippen LogP contribution in [0.2, 0.25) is 0 Å². The van der Waals surface area contributed by atoms with E-state index < -0.39 is 6.10 Å². The molecule has 3 heteroatoms. The van der Waals surface area contributed by atoms with Gasteiger partial charge in [-0.2, -0.15) is 0 Å². The molecule has 0 amide bonds. The van der Waals surface area contributed by atoms with Gasteiger partial charge in [0.05, 0.1) is 13.2 Å². The highest BCUT2D eigenvalue weighted by atomic mass is 16.5. The van der Waals surface area contributed by atoms with Crippen molar-refractivity contribution in [2.75, 3.05) is 19.8 Å². The van der Waals surface area contributed by atoms with E-state index in [0.29, 0.717) is 13.2 Å². The molecule has 1 aromatic rings. The van der Waals surface area contributed by atoms with E-state index in [1.54, 1.807) is 0 Å². The van der Waals surface area contributed by atoms with Crippen molar-refractivity contribution in [3.63, 3.8) is 0 Å². The smallest absolute Gasteiger partial charge is 0.119 e. The molecule has 3 nitrogen and oxygen atoms in total. The quantitative estimate of drug-likeness (QED) is 0.174. The van der Waals surface area contributed by atoms with Crippen LogP contribution in [0.25, 0.3) is 0 Å². The Labute approximate surface area is 198 Å². The van der Waals surface area contributed by atoms with E-state index in [1.165, 1.54) is 56.9 Å². The van der Waals surface area contributed by atoms with Gasteiger partial charge in [0.1, 0.15) is 18.5 Å². The number of aliphatic hydroxyl groups excluding tert-OH is 1. The van der Waals surface area contributed by atoms with Gasteiger partial charge in [0.15, 0.2) is 0 Å². The van der Waals surface area contributed by atoms with Crippen LogP contribution in [-0.4, -0.2) is 31.0 Å². The lowest BCUT2D eigenvalue weighted by molar-refractivity contribution is 0.0212. The maximum absolute atomic E-state index is 9.98. The van der Waals surface area contributed by atoms with Crippen LogP contribution in [0.3, 0.4) is 0 Å². The van der Waals surface area contributed by atoms with Crippen molar-refractivity contribution in [1.82, 2.24) is 0 Å². The zero-order chi connectivity index (χ0) is 23.6. The number of para-hydroxylation sites is 1. The van der Waals surface area contributed by atoms with E-state index in [0.717, 1.165) is 29.9 Å². The fourth-order valence-electron chi connectivity index (χ4n) is 3.97. The number of benzene rings is 1. The second-order valence-electron chi connectivity index (χ2n) is 10.2. The second kappa shape index (κ2) is 18.1. The van der Waals surface area contributed by atoms with Gasteiger partial charge >= 0.3 is 0 Å². The minimum Gasteiger partial charge on any atom is -0.491 e. The summed E-state index contributed by atoms with van der Waals surface area (Å²) in [6.07, 6.45) is 13.5. The van der Waals surface area contributed by atoms with Gasteiger partial charge in [0.2, 0.25) is 0 Å². The molecule has 32 heavy (non-hydrogen) atoms. The summed E-state index contributed by atoms with van der Waals surface area (Å²) >= 11 is 0. The molecule has 3 unspecified atom stereocenters. The van der Waals surface area contributed by atoms with E-state index >= 15 is 0 Å². The predicted octanol–water partition coefficient (Wildman–Crippen LogP) is 7.83. The minimum atomic E-state index is -0.609. The average molecular weight is 447 g/mol. The summed E-state index contributed by atoms with van der Waals surface area (Å²) in [5, 5.41) is 9.98. The normalized spacial score (nSPS) is 15.0. The van der Waals surface area contributed by atoms with Gasteiger partial charge in [-0.15, -0.1) is 0 Å². The summed E-state index contributed by atoms with van der Waals surface area (Å²) in [7, 11) is 0. The summed E-state index contributed by atoms with van der Waals surface area (Å²) < 4.78 is 11.1. The van der Waals surface area contributed by atoms with E-state index in [1.807, 2.05) is 30.3 Å². The third-order valence-electron chi connectivity index (χ3n) is 6.19. The average Bonchev–Trinajstić information content (AvgIpc) is 2.76. The summed E-state index contributed by atoms with van der Waals surface area (Å²) in [6, 6.07) is 9.55. The van der Waals surface area contributed by atoms with Crippen molar-refractivity contribution in [1.29, 1.82) is 0 Å². The number of allylic oxidation sites excluding steroid dienone is 1. The van der Waals surface area contributed by atoms with Crippen molar-refractivity contribution < 1.29 is 14.6 Å². The van der Waals surface area contributed by atoms with Crippen molar-refractivity contribution in [2.45, 2.75) is 98.5 Å². The molecule has 3 atom stereocenters. The van der Waals surface area contributed by atoms with Crippen molar-refractivity contribution in [3.8, 4) is 5.75 Å². The molecule has 1 rings (SSSR count). The first kappa shape index (κ1) is 28.7. The lowest BCUT2D eigenvalue weighted by Crippen LogP contribution is -2.23.